The Morgan fingerprint density at radius 1 is 1.28 bits per heavy atom. The highest BCUT2D eigenvalue weighted by atomic mass is 32.1. The summed E-state index contributed by atoms with van der Waals surface area (Å²) in [7, 11) is 0. The number of hydrogen-bond donors (Lipinski definition) is 2. The largest absolute Gasteiger partial charge is 0.480 e. The number of aliphatic carboxylic acids is 1. The summed E-state index contributed by atoms with van der Waals surface area (Å²) in [6, 6.07) is 0. The van der Waals surface area contributed by atoms with Crippen molar-refractivity contribution >= 4 is 28.3 Å². The van der Waals surface area contributed by atoms with Gasteiger partial charge in [0.15, 0.2) is 5.13 Å². The normalized spacial score (nSPS) is 20.0. The Morgan fingerprint density at radius 2 is 2.00 bits per heavy atom. The van der Waals surface area contributed by atoms with Crippen LogP contribution < -0.4 is 5.32 Å². The first-order valence-electron chi connectivity index (χ1n) is 6.15. The lowest BCUT2D eigenvalue weighted by Gasteiger charge is -2.07. The van der Waals surface area contributed by atoms with Gasteiger partial charge in [0.25, 0.3) is 0 Å². The second-order valence-corrected chi connectivity index (χ2v) is 6.02. The zero-order valence-electron chi connectivity index (χ0n) is 9.86. The fraction of sp³-hybridized carbons (Fsp3) is 0.583. The van der Waals surface area contributed by atoms with Gasteiger partial charge in [0.1, 0.15) is 5.41 Å². The van der Waals surface area contributed by atoms with Gasteiger partial charge in [-0.05, 0) is 38.5 Å². The monoisotopic (exact) mass is 266 g/mol. The Morgan fingerprint density at radius 3 is 2.61 bits per heavy atom. The molecule has 0 aliphatic heterocycles. The van der Waals surface area contributed by atoms with E-state index in [0.717, 1.165) is 25.0 Å². The molecule has 1 aromatic rings. The zero-order valence-corrected chi connectivity index (χ0v) is 10.7. The van der Waals surface area contributed by atoms with Crippen LogP contribution in [0.4, 0.5) is 5.13 Å². The number of carbonyl (C=O) groups excluding carboxylic acids is 1. The second kappa shape index (κ2) is 4.05. The number of thiazole rings is 1. The number of carbonyl (C=O) groups is 2. The van der Waals surface area contributed by atoms with Crippen molar-refractivity contribution in [2.75, 3.05) is 5.32 Å². The summed E-state index contributed by atoms with van der Waals surface area (Å²) in [6.07, 6.45) is 5.15. The van der Waals surface area contributed by atoms with Crippen molar-refractivity contribution in [2.45, 2.75) is 38.5 Å². The van der Waals surface area contributed by atoms with Gasteiger partial charge in [0.2, 0.25) is 5.91 Å². The Hall–Kier alpha value is -1.43. The number of amides is 1. The van der Waals surface area contributed by atoms with Crippen LogP contribution in [0.5, 0.6) is 0 Å². The molecule has 2 aliphatic carbocycles. The van der Waals surface area contributed by atoms with E-state index in [1.54, 1.807) is 0 Å². The van der Waals surface area contributed by atoms with E-state index in [1.165, 1.54) is 22.6 Å². The lowest BCUT2D eigenvalue weighted by atomic mass is 10.0. The first-order valence-corrected chi connectivity index (χ1v) is 6.97. The maximum atomic E-state index is 11.9. The van der Waals surface area contributed by atoms with Crippen molar-refractivity contribution in [1.29, 1.82) is 0 Å². The Labute approximate surface area is 108 Å². The highest BCUT2D eigenvalue weighted by Crippen LogP contribution is 2.47. The van der Waals surface area contributed by atoms with Gasteiger partial charge in [0, 0.05) is 4.88 Å². The maximum absolute atomic E-state index is 11.9. The highest BCUT2D eigenvalue weighted by Gasteiger charge is 2.57. The van der Waals surface area contributed by atoms with Gasteiger partial charge in [-0.15, -0.1) is 11.3 Å². The predicted molar refractivity (Wildman–Crippen MR) is 66.7 cm³/mol. The molecule has 5 nitrogen and oxygen atoms in total. The Balaban J connectivity index is 1.75. The average Bonchev–Trinajstić information content (AvgIpc) is 3.05. The number of aryl methyl sites for hydroxylation is 2. The van der Waals surface area contributed by atoms with Gasteiger partial charge >= 0.3 is 5.97 Å². The van der Waals surface area contributed by atoms with Crippen molar-refractivity contribution < 1.29 is 14.7 Å². The SMILES string of the molecule is O=C(O)C1(C(=O)Nc2nc3c(s2)CCCC3)CC1. The molecular formula is C12H14N2O3S. The quantitative estimate of drug-likeness (QED) is 0.818. The minimum Gasteiger partial charge on any atom is -0.480 e. The van der Waals surface area contributed by atoms with E-state index < -0.39 is 17.3 Å². The van der Waals surface area contributed by atoms with E-state index in [1.807, 2.05) is 0 Å². The molecule has 0 saturated heterocycles. The molecule has 96 valence electrons. The van der Waals surface area contributed by atoms with Crippen LogP contribution in [-0.2, 0) is 22.4 Å². The molecule has 1 aromatic heterocycles. The van der Waals surface area contributed by atoms with Crippen LogP contribution in [-0.4, -0.2) is 22.0 Å². The van der Waals surface area contributed by atoms with E-state index in [0.29, 0.717) is 18.0 Å². The van der Waals surface area contributed by atoms with E-state index in [9.17, 15) is 9.59 Å². The third kappa shape index (κ3) is 1.80. The van der Waals surface area contributed by atoms with Crippen LogP contribution in [0, 0.1) is 5.41 Å². The second-order valence-electron chi connectivity index (χ2n) is 4.94. The molecule has 0 radical (unpaired) electrons. The van der Waals surface area contributed by atoms with Gasteiger partial charge in [-0.1, -0.05) is 0 Å². The van der Waals surface area contributed by atoms with Crippen molar-refractivity contribution in [3.05, 3.63) is 10.6 Å². The number of anilines is 1. The first-order chi connectivity index (χ1) is 8.62. The van der Waals surface area contributed by atoms with Gasteiger partial charge < -0.3 is 10.4 Å². The van der Waals surface area contributed by atoms with Gasteiger partial charge in [-0.2, -0.15) is 0 Å². The molecule has 18 heavy (non-hydrogen) atoms. The van der Waals surface area contributed by atoms with E-state index in [-0.39, 0.29) is 0 Å². The summed E-state index contributed by atoms with van der Waals surface area (Å²) in [4.78, 5) is 28.6. The molecule has 3 rings (SSSR count). The lowest BCUT2D eigenvalue weighted by molar-refractivity contribution is -0.147. The van der Waals surface area contributed by atoms with E-state index in [4.69, 9.17) is 5.11 Å². The topological polar surface area (TPSA) is 79.3 Å². The van der Waals surface area contributed by atoms with Crippen molar-refractivity contribution in [3.63, 3.8) is 0 Å². The van der Waals surface area contributed by atoms with Gasteiger partial charge in [0.05, 0.1) is 5.69 Å². The summed E-state index contributed by atoms with van der Waals surface area (Å²) in [6.45, 7) is 0. The third-order valence-corrected chi connectivity index (χ3v) is 4.73. The lowest BCUT2D eigenvalue weighted by Crippen LogP contribution is -2.31. The zero-order chi connectivity index (χ0) is 12.8. The number of nitrogens with zero attached hydrogens (tertiary/aromatic N) is 1. The molecule has 2 N–H and O–H groups in total. The molecule has 0 aromatic carbocycles. The van der Waals surface area contributed by atoms with Crippen molar-refractivity contribution in [1.82, 2.24) is 4.98 Å². The number of aromatic nitrogens is 1. The minimum absolute atomic E-state index is 0.416. The fourth-order valence-electron chi connectivity index (χ4n) is 2.29. The smallest absolute Gasteiger partial charge is 0.319 e. The molecule has 0 bridgehead atoms. The molecule has 0 atom stereocenters. The number of nitrogens with one attached hydrogen (secondary N) is 1. The van der Waals surface area contributed by atoms with Crippen molar-refractivity contribution in [2.24, 2.45) is 5.41 Å². The molecular weight excluding hydrogens is 252 g/mol. The predicted octanol–water partition coefficient (Wildman–Crippen LogP) is 1.83. The standard InChI is InChI=1S/C12H14N2O3S/c15-9(12(5-6-12)10(16)17)14-11-13-7-3-1-2-4-8(7)18-11/h1-6H2,(H,16,17)(H,13,14,15). The minimum atomic E-state index is -1.19. The Kier molecular flexibility index (Phi) is 2.62. The number of hydrogen-bond acceptors (Lipinski definition) is 4. The summed E-state index contributed by atoms with van der Waals surface area (Å²) in [5.74, 6) is -1.44. The van der Waals surface area contributed by atoms with E-state index in [2.05, 4.69) is 10.3 Å². The molecule has 1 fully saturated rings. The fourth-order valence-corrected chi connectivity index (χ4v) is 3.33. The maximum Gasteiger partial charge on any atom is 0.319 e. The number of carboxylic acids is 1. The summed E-state index contributed by atoms with van der Waals surface area (Å²) >= 11 is 1.48. The third-order valence-electron chi connectivity index (χ3n) is 3.66. The Bertz CT molecular complexity index is 496. The van der Waals surface area contributed by atoms with Crippen LogP contribution in [0.25, 0.3) is 0 Å². The molecule has 2 aliphatic rings. The number of carboxylic acid groups (broad SMARTS) is 1. The van der Waals surface area contributed by atoms with Crippen molar-refractivity contribution in [3.8, 4) is 0 Å². The van der Waals surface area contributed by atoms with Crippen LogP contribution in [0.2, 0.25) is 0 Å². The summed E-state index contributed by atoms with van der Waals surface area (Å²) < 4.78 is 0. The van der Waals surface area contributed by atoms with Crippen LogP contribution >= 0.6 is 11.3 Å². The van der Waals surface area contributed by atoms with Gasteiger partial charge in [-0.25, -0.2) is 4.98 Å². The van der Waals surface area contributed by atoms with Gasteiger partial charge in [-0.3, -0.25) is 9.59 Å². The average molecular weight is 266 g/mol. The molecule has 1 heterocycles. The first kappa shape index (κ1) is 11.6. The molecule has 1 saturated carbocycles. The van der Waals surface area contributed by atoms with E-state index >= 15 is 0 Å². The molecule has 0 spiro atoms. The summed E-state index contributed by atoms with van der Waals surface area (Å²) in [5, 5.41) is 12.3. The number of fused-ring (bicyclic) bond motifs is 1. The molecule has 1 amide bonds. The highest BCUT2D eigenvalue weighted by molar-refractivity contribution is 7.15. The molecule has 0 unspecified atom stereocenters. The van der Waals surface area contributed by atoms with Crippen LogP contribution in [0.3, 0.4) is 0 Å². The summed E-state index contributed by atoms with van der Waals surface area (Å²) in [5.41, 5.74) is -0.117. The van der Waals surface area contributed by atoms with Crippen LogP contribution in [0.1, 0.15) is 36.3 Å². The molecule has 6 heteroatoms. The van der Waals surface area contributed by atoms with Crippen LogP contribution in [0.15, 0.2) is 0 Å². The number of rotatable bonds is 3.